The molecule has 2 N–H and O–H groups in total. The van der Waals surface area contributed by atoms with Gasteiger partial charge in [0.1, 0.15) is 0 Å². The van der Waals surface area contributed by atoms with E-state index in [0.717, 1.165) is 0 Å². The molecule has 0 aliphatic carbocycles. The molecule has 0 saturated heterocycles. The molecule has 21 heavy (non-hydrogen) atoms. The van der Waals surface area contributed by atoms with E-state index in [0.29, 0.717) is 10.7 Å². The first-order chi connectivity index (χ1) is 9.71. The van der Waals surface area contributed by atoms with Gasteiger partial charge in [-0.3, -0.25) is 9.88 Å². The van der Waals surface area contributed by atoms with Gasteiger partial charge >= 0.3 is 6.18 Å². The predicted molar refractivity (Wildman–Crippen MR) is 73.3 cm³/mol. The fourth-order valence-electron chi connectivity index (χ4n) is 1.65. The maximum atomic E-state index is 12.3. The SMILES string of the molecule is OC[C@@H](O)CN(CCC(F)(F)F)Cc1ncc(Cl)cc1Cl. The molecule has 1 aromatic rings. The van der Waals surface area contributed by atoms with Crippen molar-refractivity contribution in [1.82, 2.24) is 9.88 Å². The molecule has 0 aliphatic heterocycles. The zero-order valence-electron chi connectivity index (χ0n) is 10.9. The molecule has 0 amide bonds. The second-order valence-electron chi connectivity index (χ2n) is 4.52. The van der Waals surface area contributed by atoms with Crippen molar-refractivity contribution in [2.75, 3.05) is 19.7 Å². The smallest absolute Gasteiger partial charge is 0.390 e. The van der Waals surface area contributed by atoms with Crippen LogP contribution in [0.1, 0.15) is 12.1 Å². The van der Waals surface area contributed by atoms with E-state index < -0.39 is 25.3 Å². The second kappa shape index (κ2) is 8.14. The molecule has 120 valence electrons. The minimum atomic E-state index is -4.31. The molecule has 0 unspecified atom stereocenters. The van der Waals surface area contributed by atoms with E-state index in [1.54, 1.807) is 0 Å². The first-order valence-electron chi connectivity index (χ1n) is 6.09. The van der Waals surface area contributed by atoms with Gasteiger partial charge < -0.3 is 10.2 Å². The van der Waals surface area contributed by atoms with Crippen LogP contribution in [-0.2, 0) is 6.54 Å². The Bertz CT molecular complexity index is 461. The van der Waals surface area contributed by atoms with Crippen LogP contribution in [0.2, 0.25) is 10.0 Å². The van der Waals surface area contributed by atoms with Gasteiger partial charge in [0.25, 0.3) is 0 Å². The molecule has 0 aromatic carbocycles. The molecular formula is C12H15Cl2F3N2O2. The first-order valence-corrected chi connectivity index (χ1v) is 6.85. The van der Waals surface area contributed by atoms with Crippen LogP contribution in [0.25, 0.3) is 0 Å². The molecule has 0 saturated carbocycles. The molecule has 1 rings (SSSR count). The minimum absolute atomic E-state index is 0.0170. The highest BCUT2D eigenvalue weighted by Gasteiger charge is 2.28. The highest BCUT2D eigenvalue weighted by atomic mass is 35.5. The summed E-state index contributed by atoms with van der Waals surface area (Å²) in [4.78, 5) is 5.29. The maximum absolute atomic E-state index is 12.3. The number of aliphatic hydroxyl groups excluding tert-OH is 2. The summed E-state index contributed by atoms with van der Waals surface area (Å²) >= 11 is 11.6. The van der Waals surface area contributed by atoms with Gasteiger partial charge in [0, 0.05) is 25.8 Å². The summed E-state index contributed by atoms with van der Waals surface area (Å²) in [5.41, 5.74) is 0.355. The van der Waals surface area contributed by atoms with E-state index in [9.17, 15) is 18.3 Å². The third-order valence-corrected chi connectivity index (χ3v) is 3.18. The van der Waals surface area contributed by atoms with E-state index >= 15 is 0 Å². The fraction of sp³-hybridized carbons (Fsp3) is 0.583. The van der Waals surface area contributed by atoms with Crippen molar-refractivity contribution < 1.29 is 23.4 Å². The van der Waals surface area contributed by atoms with Gasteiger partial charge in [-0.1, -0.05) is 23.2 Å². The Morgan fingerprint density at radius 3 is 2.52 bits per heavy atom. The average Bonchev–Trinajstić information content (AvgIpc) is 2.38. The van der Waals surface area contributed by atoms with E-state index in [4.69, 9.17) is 28.3 Å². The Kier molecular flexibility index (Phi) is 7.15. The number of aliphatic hydroxyl groups is 2. The zero-order chi connectivity index (χ0) is 16.0. The van der Waals surface area contributed by atoms with E-state index in [2.05, 4.69) is 4.98 Å². The topological polar surface area (TPSA) is 56.6 Å². The number of aromatic nitrogens is 1. The summed E-state index contributed by atoms with van der Waals surface area (Å²) in [5, 5.41) is 18.8. The van der Waals surface area contributed by atoms with Crippen LogP contribution < -0.4 is 0 Å². The maximum Gasteiger partial charge on any atom is 0.390 e. The number of nitrogens with zero attached hydrogens (tertiary/aromatic N) is 2. The summed E-state index contributed by atoms with van der Waals surface area (Å²) in [5.74, 6) is 0. The normalized spacial score (nSPS) is 13.7. The standard InChI is InChI=1S/C12H15Cl2F3N2O2/c13-8-3-10(14)11(18-4-8)6-19(5-9(21)7-20)2-1-12(15,16)17/h3-4,9,20-21H,1-2,5-7H2/t9-/m0/s1. The van der Waals surface area contributed by atoms with E-state index in [-0.39, 0.29) is 24.7 Å². The number of pyridine rings is 1. The fourth-order valence-corrected chi connectivity index (χ4v) is 2.09. The number of hydrogen-bond acceptors (Lipinski definition) is 4. The lowest BCUT2D eigenvalue weighted by Crippen LogP contribution is -2.36. The van der Waals surface area contributed by atoms with Crippen molar-refractivity contribution in [2.24, 2.45) is 0 Å². The van der Waals surface area contributed by atoms with Crippen LogP contribution in [-0.4, -0.2) is 52.1 Å². The first kappa shape index (κ1) is 18.4. The van der Waals surface area contributed by atoms with Gasteiger partial charge in [0.15, 0.2) is 0 Å². The highest BCUT2D eigenvalue weighted by Crippen LogP contribution is 2.23. The van der Waals surface area contributed by atoms with Gasteiger partial charge in [-0.15, -0.1) is 0 Å². The van der Waals surface area contributed by atoms with Crippen molar-refractivity contribution >= 4 is 23.2 Å². The molecule has 1 aromatic heterocycles. The lowest BCUT2D eigenvalue weighted by atomic mass is 10.2. The third-order valence-electron chi connectivity index (χ3n) is 2.65. The monoisotopic (exact) mass is 346 g/mol. The quantitative estimate of drug-likeness (QED) is 0.796. The molecule has 4 nitrogen and oxygen atoms in total. The molecular weight excluding hydrogens is 332 g/mol. The van der Waals surface area contributed by atoms with Crippen LogP contribution in [0, 0.1) is 0 Å². The lowest BCUT2D eigenvalue weighted by molar-refractivity contribution is -0.139. The summed E-state index contributed by atoms with van der Waals surface area (Å²) in [7, 11) is 0. The molecule has 1 atom stereocenters. The van der Waals surface area contributed by atoms with Crippen molar-refractivity contribution in [3.05, 3.63) is 28.0 Å². The molecule has 0 spiro atoms. The summed E-state index contributed by atoms with van der Waals surface area (Å²) in [6.07, 6.45) is -5.13. The molecule has 0 fully saturated rings. The Labute approximate surface area is 130 Å². The lowest BCUT2D eigenvalue weighted by Gasteiger charge is -2.25. The summed E-state index contributed by atoms with van der Waals surface area (Å²) < 4.78 is 36.9. The highest BCUT2D eigenvalue weighted by molar-refractivity contribution is 6.34. The average molecular weight is 347 g/mol. The Balaban J connectivity index is 2.75. The third kappa shape index (κ3) is 7.28. The van der Waals surface area contributed by atoms with E-state index in [1.165, 1.54) is 17.2 Å². The largest absolute Gasteiger partial charge is 0.394 e. The van der Waals surface area contributed by atoms with Crippen LogP contribution in [0.4, 0.5) is 13.2 Å². The van der Waals surface area contributed by atoms with Crippen molar-refractivity contribution in [3.63, 3.8) is 0 Å². The number of rotatable bonds is 7. The second-order valence-corrected chi connectivity index (χ2v) is 5.36. The number of hydrogen-bond donors (Lipinski definition) is 2. The Hall–Kier alpha value is -0.600. The summed E-state index contributed by atoms with van der Waals surface area (Å²) in [6, 6.07) is 1.44. The van der Waals surface area contributed by atoms with E-state index in [1.807, 2.05) is 0 Å². The van der Waals surface area contributed by atoms with Crippen LogP contribution in [0.5, 0.6) is 0 Å². The molecule has 0 aliphatic rings. The molecule has 0 bridgehead atoms. The molecule has 9 heteroatoms. The molecule has 0 radical (unpaired) electrons. The Morgan fingerprint density at radius 2 is 2.00 bits per heavy atom. The van der Waals surface area contributed by atoms with Gasteiger partial charge in [0.05, 0.1) is 34.9 Å². The van der Waals surface area contributed by atoms with Crippen LogP contribution in [0.15, 0.2) is 12.3 Å². The van der Waals surface area contributed by atoms with Gasteiger partial charge in [0.2, 0.25) is 0 Å². The van der Waals surface area contributed by atoms with Gasteiger partial charge in [-0.25, -0.2) is 0 Å². The Morgan fingerprint density at radius 1 is 1.33 bits per heavy atom. The molecule has 1 heterocycles. The predicted octanol–water partition coefficient (Wildman–Crippen LogP) is 2.50. The van der Waals surface area contributed by atoms with Crippen LogP contribution in [0.3, 0.4) is 0 Å². The zero-order valence-corrected chi connectivity index (χ0v) is 12.5. The minimum Gasteiger partial charge on any atom is -0.394 e. The summed E-state index contributed by atoms with van der Waals surface area (Å²) in [6.45, 7) is -0.970. The van der Waals surface area contributed by atoms with Crippen LogP contribution >= 0.6 is 23.2 Å². The van der Waals surface area contributed by atoms with Crippen molar-refractivity contribution in [3.8, 4) is 0 Å². The van der Waals surface area contributed by atoms with Crippen molar-refractivity contribution in [1.29, 1.82) is 0 Å². The van der Waals surface area contributed by atoms with Gasteiger partial charge in [-0.2, -0.15) is 13.2 Å². The van der Waals surface area contributed by atoms with Crippen molar-refractivity contribution in [2.45, 2.75) is 25.2 Å². The number of alkyl halides is 3. The van der Waals surface area contributed by atoms with Gasteiger partial charge in [-0.05, 0) is 6.07 Å². The number of halogens is 5.